The Bertz CT molecular complexity index is 323. The van der Waals surface area contributed by atoms with E-state index >= 15 is 0 Å². The fourth-order valence-electron chi connectivity index (χ4n) is 5.40. The number of quaternary nitrogens is 2. The molecule has 0 bridgehead atoms. The fraction of sp³-hybridized carbons (Fsp3) is 1.00. The summed E-state index contributed by atoms with van der Waals surface area (Å²) in [5, 5.41) is 13.5. The molecule has 0 rings (SSSR count). The van der Waals surface area contributed by atoms with Crippen LogP contribution in [0.25, 0.3) is 0 Å². The average Bonchev–Trinajstić information content (AvgIpc) is 2.75. The number of hydrogen-bond donors (Lipinski definition) is 4. The summed E-state index contributed by atoms with van der Waals surface area (Å²) in [6.45, 7) is 20.0. The number of hydrogen-bond acceptors (Lipinski definition) is 4. The maximum atomic E-state index is 3.37. The Morgan fingerprint density at radius 2 is 0.645 bits per heavy atom. The van der Waals surface area contributed by atoms with Gasteiger partial charge in [0.15, 0.2) is 0 Å². The monoisotopic (exact) mass is 444 g/mol. The van der Waals surface area contributed by atoms with Crippen LogP contribution >= 0.6 is 0 Å². The van der Waals surface area contributed by atoms with Gasteiger partial charge in [0.05, 0.1) is 52.4 Å². The van der Waals surface area contributed by atoms with Crippen molar-refractivity contribution in [3.8, 4) is 0 Å². The van der Waals surface area contributed by atoms with Gasteiger partial charge in [0, 0.05) is 58.3 Å². The molecule has 6 heteroatoms. The molecule has 0 aliphatic rings. The lowest BCUT2D eigenvalue weighted by Crippen LogP contribution is -2.55. The van der Waals surface area contributed by atoms with E-state index in [1.807, 2.05) is 0 Å². The molecule has 0 fully saturated rings. The molecule has 0 aromatic carbocycles. The van der Waals surface area contributed by atoms with Crippen molar-refractivity contribution in [1.29, 1.82) is 0 Å². The topological polar surface area (TPSA) is 48.1 Å². The van der Waals surface area contributed by atoms with E-state index in [1.54, 1.807) is 0 Å². The average molecular weight is 445 g/mol. The highest BCUT2D eigenvalue weighted by atomic mass is 15.4. The summed E-state index contributed by atoms with van der Waals surface area (Å²) >= 11 is 0. The largest absolute Gasteiger partial charge is 0.323 e. The minimum absolute atomic E-state index is 1.14. The maximum Gasteiger partial charge on any atom is 0.0841 e. The Morgan fingerprint density at radius 1 is 0.387 bits per heavy atom. The highest BCUT2D eigenvalue weighted by molar-refractivity contribution is 4.55. The molecule has 0 saturated heterocycles. The minimum atomic E-state index is 1.14. The molecule has 31 heavy (non-hydrogen) atoms. The SMILES string of the molecule is CCC[N+](CCCNC)(CCCNC)CCC[N+](CCC)(CCCNC)CCCNC. The van der Waals surface area contributed by atoms with Gasteiger partial charge in [0.25, 0.3) is 0 Å². The van der Waals surface area contributed by atoms with Crippen molar-refractivity contribution in [1.82, 2.24) is 21.3 Å². The van der Waals surface area contributed by atoms with Gasteiger partial charge >= 0.3 is 0 Å². The van der Waals surface area contributed by atoms with Crippen molar-refractivity contribution >= 4 is 0 Å². The summed E-state index contributed by atoms with van der Waals surface area (Å²) in [6, 6.07) is 0. The number of nitrogens with zero attached hydrogens (tertiary/aromatic N) is 2. The Morgan fingerprint density at radius 3 is 0.871 bits per heavy atom. The number of rotatable bonds is 24. The van der Waals surface area contributed by atoms with Crippen LogP contribution in [0.3, 0.4) is 0 Å². The Kier molecular flexibility index (Phi) is 20.2. The normalized spacial score (nSPS) is 12.6. The van der Waals surface area contributed by atoms with E-state index in [1.165, 1.54) is 106 Å². The van der Waals surface area contributed by atoms with E-state index in [2.05, 4.69) is 63.3 Å². The van der Waals surface area contributed by atoms with Crippen molar-refractivity contribution in [3.63, 3.8) is 0 Å². The molecule has 0 radical (unpaired) electrons. The smallest absolute Gasteiger partial charge is 0.0841 e. The number of nitrogens with one attached hydrogen (secondary N) is 4. The molecule has 0 aliphatic heterocycles. The lowest BCUT2D eigenvalue weighted by atomic mass is 10.1. The third-order valence-corrected chi connectivity index (χ3v) is 6.90. The highest BCUT2D eigenvalue weighted by Gasteiger charge is 2.30. The van der Waals surface area contributed by atoms with Crippen molar-refractivity contribution in [2.75, 3.05) is 107 Å². The second kappa shape index (κ2) is 20.4. The zero-order valence-corrected chi connectivity index (χ0v) is 22.3. The van der Waals surface area contributed by atoms with Gasteiger partial charge in [-0.15, -0.1) is 0 Å². The molecule has 0 aliphatic carbocycles. The highest BCUT2D eigenvalue weighted by Crippen LogP contribution is 2.17. The summed E-state index contributed by atoms with van der Waals surface area (Å²) in [4.78, 5) is 0. The molecule has 0 amide bonds. The van der Waals surface area contributed by atoms with E-state index in [9.17, 15) is 0 Å². The second-order valence-electron chi connectivity index (χ2n) is 9.65. The molecule has 0 spiro atoms. The predicted molar refractivity (Wildman–Crippen MR) is 139 cm³/mol. The first-order chi connectivity index (χ1) is 15.1. The zero-order chi connectivity index (χ0) is 23.3. The molecule has 0 aromatic rings. The summed E-state index contributed by atoms with van der Waals surface area (Å²) in [7, 11) is 8.34. The molecular weight excluding hydrogens is 384 g/mol. The van der Waals surface area contributed by atoms with Crippen LogP contribution in [-0.2, 0) is 0 Å². The van der Waals surface area contributed by atoms with Gasteiger partial charge in [-0.25, -0.2) is 0 Å². The Labute approximate surface area is 196 Å². The zero-order valence-electron chi connectivity index (χ0n) is 22.3. The van der Waals surface area contributed by atoms with Gasteiger partial charge in [-0.05, 0) is 41.0 Å². The van der Waals surface area contributed by atoms with Gasteiger partial charge in [-0.1, -0.05) is 13.8 Å². The summed E-state index contributed by atoms with van der Waals surface area (Å²) < 4.78 is 2.64. The van der Waals surface area contributed by atoms with Crippen LogP contribution in [0.15, 0.2) is 0 Å². The molecule has 6 nitrogen and oxygen atoms in total. The Balaban J connectivity index is 5.21. The molecule has 0 heterocycles. The van der Waals surface area contributed by atoms with E-state index < -0.39 is 0 Å². The summed E-state index contributed by atoms with van der Waals surface area (Å²) in [5.74, 6) is 0. The lowest BCUT2D eigenvalue weighted by molar-refractivity contribution is -0.946. The molecular formula is C25H60N6+2. The van der Waals surface area contributed by atoms with Crippen LogP contribution in [0.5, 0.6) is 0 Å². The van der Waals surface area contributed by atoms with Crippen LogP contribution in [0.4, 0.5) is 0 Å². The quantitative estimate of drug-likeness (QED) is 0.136. The van der Waals surface area contributed by atoms with Crippen LogP contribution in [0.2, 0.25) is 0 Å². The third kappa shape index (κ3) is 14.5. The second-order valence-corrected chi connectivity index (χ2v) is 9.65. The summed E-state index contributed by atoms with van der Waals surface area (Å²) in [5.41, 5.74) is 0. The van der Waals surface area contributed by atoms with Gasteiger partial charge in [0.1, 0.15) is 0 Å². The van der Waals surface area contributed by atoms with Gasteiger partial charge < -0.3 is 30.2 Å². The predicted octanol–water partition coefficient (Wildman–Crippen LogP) is 2.27. The molecule has 188 valence electrons. The minimum Gasteiger partial charge on any atom is -0.323 e. The van der Waals surface area contributed by atoms with Gasteiger partial charge in [-0.2, -0.15) is 0 Å². The molecule has 0 unspecified atom stereocenters. The first kappa shape index (κ1) is 30.8. The van der Waals surface area contributed by atoms with Crippen molar-refractivity contribution < 1.29 is 8.97 Å². The molecule has 4 N–H and O–H groups in total. The molecule has 0 atom stereocenters. The van der Waals surface area contributed by atoms with Crippen LogP contribution in [-0.4, -0.2) is 116 Å². The van der Waals surface area contributed by atoms with Crippen molar-refractivity contribution in [2.24, 2.45) is 0 Å². The molecule has 0 saturated carbocycles. The lowest BCUT2D eigenvalue weighted by Gasteiger charge is -2.42. The first-order valence-electron chi connectivity index (χ1n) is 13.4. The Hall–Kier alpha value is -0.240. The maximum absolute atomic E-state index is 3.37. The van der Waals surface area contributed by atoms with Crippen LogP contribution < -0.4 is 21.3 Å². The van der Waals surface area contributed by atoms with E-state index in [-0.39, 0.29) is 0 Å². The van der Waals surface area contributed by atoms with E-state index in [4.69, 9.17) is 0 Å². The third-order valence-electron chi connectivity index (χ3n) is 6.90. The van der Waals surface area contributed by atoms with Gasteiger partial charge in [-0.3, -0.25) is 0 Å². The standard InChI is InChI=1S/C25H60N6/c1-7-18-30(20-9-14-26-3,21-10-15-27-4)24-13-25-31(19-8-2,22-11-16-28-5)23-12-17-29-6/h26-29H,7-25H2,1-6H3/q+2. The van der Waals surface area contributed by atoms with Gasteiger partial charge in [0.2, 0.25) is 0 Å². The van der Waals surface area contributed by atoms with E-state index in [0.29, 0.717) is 0 Å². The van der Waals surface area contributed by atoms with E-state index in [0.717, 1.165) is 26.2 Å². The van der Waals surface area contributed by atoms with Crippen molar-refractivity contribution in [2.45, 2.75) is 58.8 Å². The summed E-state index contributed by atoms with van der Waals surface area (Å²) in [6.07, 6.45) is 9.09. The van der Waals surface area contributed by atoms with Crippen LogP contribution in [0, 0.1) is 0 Å². The first-order valence-corrected chi connectivity index (χ1v) is 13.4. The van der Waals surface area contributed by atoms with Crippen LogP contribution in [0.1, 0.15) is 58.8 Å². The fourth-order valence-corrected chi connectivity index (χ4v) is 5.40. The molecule has 0 aromatic heterocycles. The van der Waals surface area contributed by atoms with Crippen molar-refractivity contribution in [3.05, 3.63) is 0 Å².